The van der Waals surface area contributed by atoms with E-state index in [0.717, 1.165) is 0 Å². The number of hydrogen-bond donors (Lipinski definition) is 4. The summed E-state index contributed by atoms with van der Waals surface area (Å²) in [5, 5.41) is 14.3. The van der Waals surface area contributed by atoms with Gasteiger partial charge in [0.2, 0.25) is 5.91 Å². The molecule has 0 aromatic heterocycles. The van der Waals surface area contributed by atoms with Crippen LogP contribution in [0.2, 0.25) is 15.1 Å². The summed E-state index contributed by atoms with van der Waals surface area (Å²) in [4.78, 5) is 25.9. The predicted molar refractivity (Wildman–Crippen MR) is 127 cm³/mol. The highest BCUT2D eigenvalue weighted by molar-refractivity contribution is 6.42. The summed E-state index contributed by atoms with van der Waals surface area (Å²) in [6, 6.07) is 17.6. The SMILES string of the molecule is N=C(NC(=O)C(NC(=O)C(N)c1ccc(Cl)c(Cl)c1)c1cccc(Cl)c1)c1ccccc1. The van der Waals surface area contributed by atoms with Gasteiger partial charge < -0.3 is 16.4 Å². The summed E-state index contributed by atoms with van der Waals surface area (Å²) < 4.78 is 0. The van der Waals surface area contributed by atoms with Crippen molar-refractivity contribution in [2.45, 2.75) is 12.1 Å². The lowest BCUT2D eigenvalue weighted by molar-refractivity contribution is -0.129. The third-order valence-corrected chi connectivity index (χ3v) is 5.60. The molecule has 0 saturated heterocycles. The van der Waals surface area contributed by atoms with Crippen molar-refractivity contribution in [3.05, 3.63) is 105 Å². The van der Waals surface area contributed by atoms with Gasteiger partial charge in [-0.2, -0.15) is 0 Å². The zero-order valence-corrected chi connectivity index (χ0v) is 18.9. The fourth-order valence-corrected chi connectivity index (χ4v) is 3.45. The third-order valence-electron chi connectivity index (χ3n) is 4.63. The molecule has 0 radical (unpaired) electrons. The molecule has 0 spiro atoms. The first-order valence-electron chi connectivity index (χ1n) is 9.47. The van der Waals surface area contributed by atoms with Gasteiger partial charge >= 0.3 is 0 Å². The van der Waals surface area contributed by atoms with Crippen molar-refractivity contribution in [2.75, 3.05) is 0 Å². The second kappa shape index (κ2) is 10.6. The Morgan fingerprint density at radius 2 is 1.53 bits per heavy atom. The van der Waals surface area contributed by atoms with Gasteiger partial charge in [-0.1, -0.05) is 83.3 Å². The Labute approximate surface area is 200 Å². The van der Waals surface area contributed by atoms with E-state index in [2.05, 4.69) is 10.6 Å². The maximum absolute atomic E-state index is 13.0. The lowest BCUT2D eigenvalue weighted by Crippen LogP contribution is -2.45. The van der Waals surface area contributed by atoms with Gasteiger partial charge in [0, 0.05) is 10.6 Å². The van der Waals surface area contributed by atoms with Crippen molar-refractivity contribution in [1.29, 1.82) is 5.41 Å². The first-order valence-corrected chi connectivity index (χ1v) is 10.6. The van der Waals surface area contributed by atoms with Gasteiger partial charge in [-0.25, -0.2) is 0 Å². The molecule has 0 aliphatic heterocycles. The maximum atomic E-state index is 13.0. The number of benzene rings is 3. The molecule has 6 nitrogen and oxygen atoms in total. The Morgan fingerprint density at radius 1 is 0.812 bits per heavy atom. The summed E-state index contributed by atoms with van der Waals surface area (Å²) in [5.74, 6) is -1.34. The van der Waals surface area contributed by atoms with E-state index in [1.54, 1.807) is 60.7 Å². The van der Waals surface area contributed by atoms with E-state index < -0.39 is 23.9 Å². The number of amidine groups is 1. The van der Waals surface area contributed by atoms with Gasteiger partial charge in [-0.05, 0) is 35.4 Å². The summed E-state index contributed by atoms with van der Waals surface area (Å²) in [7, 11) is 0. The van der Waals surface area contributed by atoms with Crippen LogP contribution >= 0.6 is 34.8 Å². The Balaban J connectivity index is 1.84. The van der Waals surface area contributed by atoms with Crippen LogP contribution in [0, 0.1) is 5.41 Å². The fourth-order valence-electron chi connectivity index (χ4n) is 2.95. The Bertz CT molecular complexity index is 1150. The van der Waals surface area contributed by atoms with Crippen LogP contribution in [-0.4, -0.2) is 17.6 Å². The summed E-state index contributed by atoms with van der Waals surface area (Å²) in [5.41, 5.74) is 7.48. The number of nitrogens with one attached hydrogen (secondary N) is 3. The van der Waals surface area contributed by atoms with Crippen molar-refractivity contribution < 1.29 is 9.59 Å². The van der Waals surface area contributed by atoms with Crippen LogP contribution in [0.3, 0.4) is 0 Å². The monoisotopic (exact) mass is 488 g/mol. The summed E-state index contributed by atoms with van der Waals surface area (Å²) in [6.45, 7) is 0. The van der Waals surface area contributed by atoms with Crippen LogP contribution in [0.1, 0.15) is 28.8 Å². The molecule has 2 unspecified atom stereocenters. The fraction of sp³-hybridized carbons (Fsp3) is 0.0870. The van der Waals surface area contributed by atoms with Crippen molar-refractivity contribution in [3.8, 4) is 0 Å². The van der Waals surface area contributed by atoms with Gasteiger partial charge in [0.15, 0.2) is 0 Å². The number of amides is 2. The van der Waals surface area contributed by atoms with Gasteiger partial charge in [0.25, 0.3) is 5.91 Å². The number of nitrogens with two attached hydrogens (primary N) is 1. The Hall–Kier alpha value is -2.90. The van der Waals surface area contributed by atoms with Crippen LogP contribution in [0.25, 0.3) is 0 Å². The van der Waals surface area contributed by atoms with E-state index in [0.29, 0.717) is 26.7 Å². The molecular weight excluding hydrogens is 471 g/mol. The minimum atomic E-state index is -1.14. The molecule has 164 valence electrons. The Morgan fingerprint density at radius 3 is 2.19 bits per heavy atom. The van der Waals surface area contributed by atoms with Gasteiger partial charge in [-0.3, -0.25) is 15.0 Å². The maximum Gasteiger partial charge on any atom is 0.252 e. The van der Waals surface area contributed by atoms with Crippen LogP contribution < -0.4 is 16.4 Å². The van der Waals surface area contributed by atoms with E-state index in [1.807, 2.05) is 0 Å². The number of carbonyl (C=O) groups excluding carboxylic acids is 2. The van der Waals surface area contributed by atoms with Gasteiger partial charge in [0.05, 0.1) is 10.0 Å². The minimum absolute atomic E-state index is 0.106. The molecule has 2 atom stereocenters. The van der Waals surface area contributed by atoms with E-state index in [9.17, 15) is 9.59 Å². The molecule has 3 rings (SSSR count). The molecule has 9 heteroatoms. The lowest BCUT2D eigenvalue weighted by Gasteiger charge is -2.22. The Kier molecular flexibility index (Phi) is 7.88. The largest absolute Gasteiger partial charge is 0.339 e. The van der Waals surface area contributed by atoms with Crippen molar-refractivity contribution in [1.82, 2.24) is 10.6 Å². The molecule has 0 aliphatic rings. The molecular formula is C23H19Cl3N4O2. The van der Waals surface area contributed by atoms with Crippen LogP contribution in [0.15, 0.2) is 72.8 Å². The molecule has 0 saturated carbocycles. The smallest absolute Gasteiger partial charge is 0.252 e. The average molecular weight is 490 g/mol. The highest BCUT2D eigenvalue weighted by Gasteiger charge is 2.27. The molecule has 3 aromatic carbocycles. The molecule has 32 heavy (non-hydrogen) atoms. The predicted octanol–water partition coefficient (Wildman–Crippen LogP) is 4.65. The number of hydrogen-bond acceptors (Lipinski definition) is 4. The molecule has 0 fully saturated rings. The van der Waals surface area contributed by atoms with Crippen molar-refractivity contribution in [2.24, 2.45) is 5.73 Å². The van der Waals surface area contributed by atoms with Crippen molar-refractivity contribution in [3.63, 3.8) is 0 Å². The highest BCUT2D eigenvalue weighted by atomic mass is 35.5. The molecule has 0 aliphatic carbocycles. The van der Waals surface area contributed by atoms with Crippen LogP contribution in [0.5, 0.6) is 0 Å². The van der Waals surface area contributed by atoms with E-state index in [4.69, 9.17) is 45.9 Å². The van der Waals surface area contributed by atoms with E-state index in [-0.39, 0.29) is 10.9 Å². The number of carbonyl (C=O) groups is 2. The van der Waals surface area contributed by atoms with Gasteiger partial charge in [-0.15, -0.1) is 0 Å². The normalized spacial score (nSPS) is 12.5. The molecule has 3 aromatic rings. The zero-order chi connectivity index (χ0) is 23.3. The minimum Gasteiger partial charge on any atom is -0.339 e. The topological polar surface area (TPSA) is 108 Å². The lowest BCUT2D eigenvalue weighted by atomic mass is 10.0. The third kappa shape index (κ3) is 5.87. The second-order valence-corrected chi connectivity index (χ2v) is 8.13. The zero-order valence-electron chi connectivity index (χ0n) is 16.6. The molecule has 2 amide bonds. The molecule has 0 heterocycles. The number of rotatable bonds is 6. The standard InChI is InChI=1S/C23H19Cl3N4O2/c24-16-8-4-7-15(11-16)20(23(32)30-21(28)13-5-2-1-3-6-13)29-22(31)19(27)14-9-10-17(25)18(26)12-14/h1-12,19-20H,27H2,(H,29,31)(H2,28,30,32). The van der Waals surface area contributed by atoms with Gasteiger partial charge in [0.1, 0.15) is 17.9 Å². The molecule has 0 bridgehead atoms. The number of halogens is 3. The molecule has 5 N–H and O–H groups in total. The van der Waals surface area contributed by atoms with E-state index >= 15 is 0 Å². The highest BCUT2D eigenvalue weighted by Crippen LogP contribution is 2.26. The second-order valence-electron chi connectivity index (χ2n) is 6.88. The summed E-state index contributed by atoms with van der Waals surface area (Å²) >= 11 is 18.0. The van der Waals surface area contributed by atoms with Crippen LogP contribution in [0.4, 0.5) is 0 Å². The van der Waals surface area contributed by atoms with E-state index in [1.165, 1.54) is 12.1 Å². The van der Waals surface area contributed by atoms with Crippen molar-refractivity contribution >= 4 is 52.5 Å². The summed E-state index contributed by atoms with van der Waals surface area (Å²) in [6.07, 6.45) is 0. The first kappa shape index (κ1) is 23.8. The average Bonchev–Trinajstić information content (AvgIpc) is 2.79. The van der Waals surface area contributed by atoms with Crippen LogP contribution in [-0.2, 0) is 9.59 Å². The quantitative estimate of drug-likeness (QED) is 0.299. The first-order chi connectivity index (χ1) is 15.3.